The first-order valence-corrected chi connectivity index (χ1v) is 9.14. The van der Waals surface area contributed by atoms with Crippen molar-refractivity contribution in [2.45, 2.75) is 26.2 Å². The molecule has 24 heavy (non-hydrogen) atoms. The minimum absolute atomic E-state index is 0.236. The summed E-state index contributed by atoms with van der Waals surface area (Å²) in [5, 5.41) is 6.11. The molecule has 0 saturated carbocycles. The molecule has 0 aliphatic carbocycles. The van der Waals surface area contributed by atoms with Crippen molar-refractivity contribution in [3.05, 3.63) is 0 Å². The summed E-state index contributed by atoms with van der Waals surface area (Å²) >= 11 is 1.61. The average molecular weight is 360 g/mol. The molecular formula is C15H28N4O4S. The predicted octanol–water partition coefficient (Wildman–Crippen LogP) is 2.12. The van der Waals surface area contributed by atoms with Crippen molar-refractivity contribution in [3.63, 3.8) is 0 Å². The van der Waals surface area contributed by atoms with E-state index in [1.807, 2.05) is 20.1 Å². The van der Waals surface area contributed by atoms with Crippen molar-refractivity contribution in [2.24, 2.45) is 11.0 Å². The standard InChI is InChI=1S/C15H28N4O4S/c1-11(2)9-19-15(22-13(20)17(3)4,23-14(21)18(5)6)8-12(16-19)10-24-7/h11H,8-10H2,1-7H3. The molecule has 0 saturated heterocycles. The molecule has 1 aliphatic heterocycles. The molecule has 1 rings (SSSR count). The second kappa shape index (κ2) is 8.46. The number of ether oxygens (including phenoxy) is 2. The summed E-state index contributed by atoms with van der Waals surface area (Å²) in [7, 11) is 6.31. The van der Waals surface area contributed by atoms with Gasteiger partial charge in [-0.1, -0.05) is 13.8 Å². The van der Waals surface area contributed by atoms with Crippen LogP contribution in [0, 0.1) is 5.92 Å². The maximum atomic E-state index is 12.2. The molecule has 0 aromatic carbocycles. The topological polar surface area (TPSA) is 74.7 Å². The zero-order chi connectivity index (χ0) is 18.5. The Morgan fingerprint density at radius 2 is 1.71 bits per heavy atom. The number of hydrogen-bond donors (Lipinski definition) is 0. The van der Waals surface area contributed by atoms with Gasteiger partial charge in [-0.15, -0.1) is 0 Å². The van der Waals surface area contributed by atoms with E-state index >= 15 is 0 Å². The van der Waals surface area contributed by atoms with Crippen molar-refractivity contribution < 1.29 is 19.1 Å². The van der Waals surface area contributed by atoms with E-state index in [1.165, 1.54) is 9.80 Å². The lowest BCUT2D eigenvalue weighted by Gasteiger charge is -2.37. The maximum absolute atomic E-state index is 12.2. The lowest BCUT2D eigenvalue weighted by Crippen LogP contribution is -2.54. The zero-order valence-corrected chi connectivity index (χ0v) is 16.3. The van der Waals surface area contributed by atoms with Gasteiger partial charge in [0.1, 0.15) is 0 Å². The van der Waals surface area contributed by atoms with Gasteiger partial charge in [-0.2, -0.15) is 16.9 Å². The lowest BCUT2D eigenvalue weighted by molar-refractivity contribution is -0.253. The van der Waals surface area contributed by atoms with Crippen LogP contribution in [0.3, 0.4) is 0 Å². The Hall–Kier alpha value is -1.64. The molecule has 9 heteroatoms. The highest BCUT2D eigenvalue weighted by Gasteiger charge is 2.51. The molecule has 2 amide bonds. The smallest absolute Gasteiger partial charge is 0.385 e. The Bertz CT molecular complexity index is 472. The normalized spacial score (nSPS) is 16.0. The summed E-state index contributed by atoms with van der Waals surface area (Å²) in [4.78, 5) is 26.9. The second-order valence-corrected chi connectivity index (χ2v) is 7.36. The van der Waals surface area contributed by atoms with Crippen LogP contribution in [0.4, 0.5) is 9.59 Å². The molecule has 1 heterocycles. The van der Waals surface area contributed by atoms with E-state index in [-0.39, 0.29) is 12.3 Å². The van der Waals surface area contributed by atoms with Gasteiger partial charge < -0.3 is 19.3 Å². The molecule has 0 N–H and O–H groups in total. The van der Waals surface area contributed by atoms with Gasteiger partial charge in [0, 0.05) is 40.5 Å². The molecule has 1 aliphatic rings. The minimum atomic E-state index is -1.54. The number of hydrazone groups is 1. The average Bonchev–Trinajstić information content (AvgIpc) is 2.75. The Labute approximate surface area is 148 Å². The summed E-state index contributed by atoms with van der Waals surface area (Å²) in [6.45, 7) is 4.54. The van der Waals surface area contributed by atoms with E-state index in [9.17, 15) is 9.59 Å². The van der Waals surface area contributed by atoms with Crippen LogP contribution in [0.5, 0.6) is 0 Å². The number of carbonyl (C=O) groups excluding carboxylic acids is 2. The molecule has 0 aromatic heterocycles. The van der Waals surface area contributed by atoms with Gasteiger partial charge in [-0.25, -0.2) is 14.6 Å². The van der Waals surface area contributed by atoms with Crippen molar-refractivity contribution >= 4 is 29.7 Å². The predicted molar refractivity (Wildman–Crippen MR) is 95.0 cm³/mol. The summed E-state index contributed by atoms with van der Waals surface area (Å²) in [5.74, 6) is -0.620. The second-order valence-electron chi connectivity index (χ2n) is 6.49. The summed E-state index contributed by atoms with van der Waals surface area (Å²) < 4.78 is 11.2. The van der Waals surface area contributed by atoms with Gasteiger partial charge in [-0.05, 0) is 12.2 Å². The molecular weight excluding hydrogens is 332 g/mol. The highest BCUT2D eigenvalue weighted by atomic mass is 32.2. The van der Waals surface area contributed by atoms with E-state index in [0.717, 1.165) is 5.71 Å². The minimum Gasteiger partial charge on any atom is -0.385 e. The highest BCUT2D eigenvalue weighted by Crippen LogP contribution is 2.33. The Morgan fingerprint density at radius 1 is 1.21 bits per heavy atom. The molecule has 8 nitrogen and oxygen atoms in total. The molecule has 138 valence electrons. The van der Waals surface area contributed by atoms with Crippen molar-refractivity contribution in [2.75, 3.05) is 46.7 Å². The largest absolute Gasteiger partial charge is 0.413 e. The summed E-state index contributed by atoms with van der Waals surface area (Å²) in [5.41, 5.74) is 0.821. The first-order chi connectivity index (χ1) is 11.1. The van der Waals surface area contributed by atoms with Gasteiger partial charge in [0.25, 0.3) is 0 Å². The van der Waals surface area contributed by atoms with Gasteiger partial charge in [0.2, 0.25) is 0 Å². The number of amides is 2. The SMILES string of the molecule is CSCC1=NN(CC(C)C)C(OC(=O)N(C)C)(OC(=O)N(C)C)C1. The van der Waals surface area contributed by atoms with Crippen LogP contribution < -0.4 is 0 Å². The van der Waals surface area contributed by atoms with Crippen molar-refractivity contribution in [1.82, 2.24) is 14.8 Å². The van der Waals surface area contributed by atoms with E-state index in [1.54, 1.807) is 45.0 Å². The van der Waals surface area contributed by atoms with Crippen molar-refractivity contribution in [3.8, 4) is 0 Å². The van der Waals surface area contributed by atoms with Crippen LogP contribution >= 0.6 is 11.8 Å². The zero-order valence-electron chi connectivity index (χ0n) is 15.5. The third-order valence-corrected chi connectivity index (χ3v) is 3.78. The first kappa shape index (κ1) is 20.4. The van der Waals surface area contributed by atoms with E-state index in [2.05, 4.69) is 5.10 Å². The van der Waals surface area contributed by atoms with Crippen LogP contribution in [0.15, 0.2) is 5.10 Å². The Morgan fingerprint density at radius 3 is 2.08 bits per heavy atom. The lowest BCUT2D eigenvalue weighted by atomic mass is 10.2. The number of thioether (sulfide) groups is 1. The molecule has 0 fully saturated rings. The molecule has 0 bridgehead atoms. The van der Waals surface area contributed by atoms with Crippen LogP contribution in [-0.2, 0) is 9.47 Å². The van der Waals surface area contributed by atoms with Gasteiger partial charge in [-0.3, -0.25) is 0 Å². The van der Waals surface area contributed by atoms with Gasteiger partial charge in [0.15, 0.2) is 0 Å². The fourth-order valence-corrected chi connectivity index (χ4v) is 2.55. The van der Waals surface area contributed by atoms with E-state index < -0.39 is 18.1 Å². The Kier molecular flexibility index (Phi) is 7.19. The fourth-order valence-electron chi connectivity index (χ4n) is 2.06. The van der Waals surface area contributed by atoms with Crippen LogP contribution in [0.2, 0.25) is 0 Å². The third-order valence-electron chi connectivity index (χ3n) is 3.16. The number of rotatable bonds is 6. The molecule has 0 spiro atoms. The van der Waals surface area contributed by atoms with Crippen molar-refractivity contribution in [1.29, 1.82) is 0 Å². The fraction of sp³-hybridized carbons (Fsp3) is 0.800. The van der Waals surface area contributed by atoms with Gasteiger partial charge in [0.05, 0.1) is 12.1 Å². The van der Waals surface area contributed by atoms with Crippen LogP contribution in [0.1, 0.15) is 20.3 Å². The molecule has 0 aromatic rings. The molecule has 0 unspecified atom stereocenters. The van der Waals surface area contributed by atoms with E-state index in [0.29, 0.717) is 12.3 Å². The third kappa shape index (κ3) is 5.19. The molecule has 0 atom stereocenters. The van der Waals surface area contributed by atoms with E-state index in [4.69, 9.17) is 9.47 Å². The number of carbonyl (C=O) groups is 2. The first-order valence-electron chi connectivity index (χ1n) is 7.74. The summed E-state index contributed by atoms with van der Waals surface area (Å²) in [6.07, 6.45) is 1.03. The van der Waals surface area contributed by atoms with Crippen LogP contribution in [-0.4, -0.2) is 85.4 Å². The number of hydrogen-bond acceptors (Lipinski definition) is 7. The highest BCUT2D eigenvalue weighted by molar-refractivity contribution is 7.99. The maximum Gasteiger partial charge on any atom is 0.413 e. The monoisotopic (exact) mass is 360 g/mol. The van der Waals surface area contributed by atoms with Crippen LogP contribution in [0.25, 0.3) is 0 Å². The molecule has 0 radical (unpaired) electrons. The summed E-state index contributed by atoms with van der Waals surface area (Å²) in [6, 6.07) is 0. The quantitative estimate of drug-likeness (QED) is 0.676. The van der Waals surface area contributed by atoms with Gasteiger partial charge >= 0.3 is 18.1 Å². The Balaban J connectivity index is 3.16. The number of nitrogens with zero attached hydrogens (tertiary/aromatic N) is 4.